The first-order valence-electron chi connectivity index (χ1n) is 4.72. The van der Waals surface area contributed by atoms with Crippen LogP contribution in [0.15, 0.2) is 0 Å². The Balaban J connectivity index is 2.20. The molecule has 0 aromatic heterocycles. The first kappa shape index (κ1) is 9.01. The molecule has 0 atom stereocenters. The molecule has 0 aromatic carbocycles. The van der Waals surface area contributed by atoms with E-state index < -0.39 is 0 Å². The number of nitrogens with zero attached hydrogens (tertiary/aromatic N) is 1. The monoisotopic (exact) mass is 156 g/mol. The number of hydrogen-bond acceptors (Lipinski definition) is 2. The van der Waals surface area contributed by atoms with Crippen molar-refractivity contribution in [3.63, 3.8) is 0 Å². The third kappa shape index (κ3) is 3.73. The molecule has 0 unspecified atom stereocenters. The van der Waals surface area contributed by atoms with Crippen LogP contribution < -0.4 is 5.43 Å². The largest absolute Gasteiger partial charge is 0.253 e. The van der Waals surface area contributed by atoms with Gasteiger partial charge in [-0.2, -0.15) is 0 Å². The molecular weight excluding hydrogens is 136 g/mol. The van der Waals surface area contributed by atoms with E-state index in [-0.39, 0.29) is 0 Å². The fourth-order valence-corrected chi connectivity index (χ4v) is 1.77. The maximum atomic E-state index is 3.46. The molecule has 0 amide bonds. The minimum Gasteiger partial charge on any atom is -0.253 e. The number of rotatable bonds is 2. The van der Waals surface area contributed by atoms with Gasteiger partial charge in [0.15, 0.2) is 0 Å². The molecule has 1 saturated carbocycles. The van der Waals surface area contributed by atoms with E-state index in [0.29, 0.717) is 0 Å². The minimum atomic E-state index is 0.743. The quantitative estimate of drug-likeness (QED) is 0.484. The van der Waals surface area contributed by atoms with E-state index in [2.05, 4.69) is 24.5 Å². The van der Waals surface area contributed by atoms with Gasteiger partial charge < -0.3 is 0 Å². The maximum absolute atomic E-state index is 3.46. The lowest BCUT2D eigenvalue weighted by molar-refractivity contribution is 0.228. The number of hydrazine groups is 1. The van der Waals surface area contributed by atoms with Gasteiger partial charge >= 0.3 is 0 Å². The Morgan fingerprint density at radius 3 is 2.00 bits per heavy atom. The Bertz CT molecular complexity index is 93.7. The Morgan fingerprint density at radius 1 is 1.00 bits per heavy atom. The molecule has 2 heteroatoms. The van der Waals surface area contributed by atoms with E-state index in [1.165, 1.54) is 38.5 Å². The van der Waals surface area contributed by atoms with Gasteiger partial charge in [-0.3, -0.25) is 10.4 Å². The van der Waals surface area contributed by atoms with Crippen molar-refractivity contribution < 1.29 is 0 Å². The molecule has 0 heterocycles. The summed E-state index contributed by atoms with van der Waals surface area (Å²) >= 11 is 0. The second-order valence-corrected chi connectivity index (χ2v) is 3.71. The standard InChI is InChI=1S/C9H20N2/c1-11(2)10-9-7-5-3-4-6-8-9/h9-10H,3-8H2,1-2H3. The normalized spacial score (nSPS) is 22.1. The number of nitrogens with one attached hydrogen (secondary N) is 1. The highest BCUT2D eigenvalue weighted by molar-refractivity contribution is 4.68. The predicted molar refractivity (Wildman–Crippen MR) is 48.3 cm³/mol. The van der Waals surface area contributed by atoms with Crippen molar-refractivity contribution in [2.45, 2.75) is 44.6 Å². The lowest BCUT2D eigenvalue weighted by Crippen LogP contribution is -2.39. The summed E-state index contributed by atoms with van der Waals surface area (Å²) in [6.07, 6.45) is 8.41. The van der Waals surface area contributed by atoms with Gasteiger partial charge in [0.25, 0.3) is 0 Å². The van der Waals surface area contributed by atoms with Gasteiger partial charge in [0, 0.05) is 20.1 Å². The molecule has 1 N–H and O–H groups in total. The van der Waals surface area contributed by atoms with E-state index in [4.69, 9.17) is 0 Å². The summed E-state index contributed by atoms with van der Waals surface area (Å²) in [5.41, 5.74) is 3.46. The van der Waals surface area contributed by atoms with E-state index in [1.807, 2.05) is 0 Å². The zero-order valence-electron chi connectivity index (χ0n) is 7.77. The van der Waals surface area contributed by atoms with Gasteiger partial charge in [-0.1, -0.05) is 25.7 Å². The van der Waals surface area contributed by atoms with E-state index in [9.17, 15) is 0 Å². The fourth-order valence-electron chi connectivity index (χ4n) is 1.77. The van der Waals surface area contributed by atoms with Crippen LogP contribution in [0.5, 0.6) is 0 Å². The highest BCUT2D eigenvalue weighted by Crippen LogP contribution is 2.16. The van der Waals surface area contributed by atoms with Crippen molar-refractivity contribution >= 4 is 0 Å². The highest BCUT2D eigenvalue weighted by Gasteiger charge is 2.11. The fraction of sp³-hybridized carbons (Fsp3) is 1.00. The first-order valence-corrected chi connectivity index (χ1v) is 4.72. The van der Waals surface area contributed by atoms with Crippen molar-refractivity contribution in [3.05, 3.63) is 0 Å². The molecule has 0 aliphatic heterocycles. The van der Waals surface area contributed by atoms with Crippen LogP contribution in [0.2, 0.25) is 0 Å². The van der Waals surface area contributed by atoms with Crippen LogP contribution in [0.25, 0.3) is 0 Å². The molecule has 0 spiro atoms. The van der Waals surface area contributed by atoms with E-state index in [1.54, 1.807) is 0 Å². The Hall–Kier alpha value is -0.0800. The Kier molecular flexibility index (Phi) is 3.87. The highest BCUT2D eigenvalue weighted by atomic mass is 15.5. The van der Waals surface area contributed by atoms with Gasteiger partial charge in [0.05, 0.1) is 0 Å². The molecule has 2 nitrogen and oxygen atoms in total. The molecule has 0 saturated heterocycles. The van der Waals surface area contributed by atoms with Crippen LogP contribution in [-0.2, 0) is 0 Å². The van der Waals surface area contributed by atoms with Gasteiger partial charge in [-0.05, 0) is 12.8 Å². The smallest absolute Gasteiger partial charge is 0.0215 e. The summed E-state index contributed by atoms with van der Waals surface area (Å²) in [5.74, 6) is 0. The summed E-state index contributed by atoms with van der Waals surface area (Å²) in [4.78, 5) is 0. The Morgan fingerprint density at radius 2 is 1.55 bits per heavy atom. The van der Waals surface area contributed by atoms with Crippen molar-refractivity contribution in [1.29, 1.82) is 0 Å². The molecule has 0 radical (unpaired) electrons. The van der Waals surface area contributed by atoms with Crippen molar-refractivity contribution in [2.75, 3.05) is 14.1 Å². The van der Waals surface area contributed by atoms with E-state index >= 15 is 0 Å². The second kappa shape index (κ2) is 4.73. The molecule has 1 aliphatic carbocycles. The molecule has 1 rings (SSSR count). The summed E-state index contributed by atoms with van der Waals surface area (Å²) in [5, 5.41) is 2.08. The average molecular weight is 156 g/mol. The van der Waals surface area contributed by atoms with Crippen molar-refractivity contribution in [2.24, 2.45) is 0 Å². The zero-order valence-corrected chi connectivity index (χ0v) is 7.77. The lowest BCUT2D eigenvalue weighted by Gasteiger charge is -2.21. The molecule has 0 bridgehead atoms. The number of hydrogen-bond donors (Lipinski definition) is 1. The average Bonchev–Trinajstić information content (AvgIpc) is 2.14. The second-order valence-electron chi connectivity index (χ2n) is 3.71. The SMILES string of the molecule is CN(C)NC1CCCCCC1. The van der Waals surface area contributed by atoms with Crippen LogP contribution in [0.1, 0.15) is 38.5 Å². The van der Waals surface area contributed by atoms with Crippen molar-refractivity contribution in [1.82, 2.24) is 10.4 Å². The van der Waals surface area contributed by atoms with Crippen LogP contribution in [0, 0.1) is 0 Å². The topological polar surface area (TPSA) is 15.3 Å². The van der Waals surface area contributed by atoms with Crippen LogP contribution in [-0.4, -0.2) is 25.1 Å². The van der Waals surface area contributed by atoms with Crippen LogP contribution >= 0.6 is 0 Å². The predicted octanol–water partition coefficient (Wildman–Crippen LogP) is 1.78. The molecule has 11 heavy (non-hydrogen) atoms. The Labute approximate surface area is 69.9 Å². The van der Waals surface area contributed by atoms with Crippen LogP contribution in [0.3, 0.4) is 0 Å². The summed E-state index contributed by atoms with van der Waals surface area (Å²) < 4.78 is 0. The summed E-state index contributed by atoms with van der Waals surface area (Å²) in [6, 6.07) is 0.743. The van der Waals surface area contributed by atoms with Crippen molar-refractivity contribution in [3.8, 4) is 0 Å². The zero-order chi connectivity index (χ0) is 8.10. The molecule has 66 valence electrons. The molecule has 1 aliphatic rings. The molecular formula is C9H20N2. The lowest BCUT2D eigenvalue weighted by atomic mass is 10.1. The molecule has 1 fully saturated rings. The minimum absolute atomic E-state index is 0.743. The third-order valence-corrected chi connectivity index (χ3v) is 2.30. The summed E-state index contributed by atoms with van der Waals surface area (Å²) in [7, 11) is 4.15. The maximum Gasteiger partial charge on any atom is 0.0215 e. The molecule has 0 aromatic rings. The van der Waals surface area contributed by atoms with E-state index in [0.717, 1.165) is 6.04 Å². The van der Waals surface area contributed by atoms with Gasteiger partial charge in [0.2, 0.25) is 0 Å². The summed E-state index contributed by atoms with van der Waals surface area (Å²) in [6.45, 7) is 0. The van der Waals surface area contributed by atoms with Gasteiger partial charge in [0.1, 0.15) is 0 Å². The van der Waals surface area contributed by atoms with Gasteiger partial charge in [-0.15, -0.1) is 0 Å². The van der Waals surface area contributed by atoms with Crippen LogP contribution in [0.4, 0.5) is 0 Å². The first-order chi connectivity index (χ1) is 5.29. The van der Waals surface area contributed by atoms with Gasteiger partial charge in [-0.25, -0.2) is 0 Å². The third-order valence-electron chi connectivity index (χ3n) is 2.30.